The van der Waals surface area contributed by atoms with Gasteiger partial charge < -0.3 is 9.84 Å². The van der Waals surface area contributed by atoms with Crippen molar-refractivity contribution in [3.05, 3.63) is 29.8 Å². The molecule has 2 rings (SSSR count). The maximum Gasteiger partial charge on any atom is 0.119 e. The Labute approximate surface area is 115 Å². The van der Waals surface area contributed by atoms with Crippen molar-refractivity contribution in [1.82, 2.24) is 10.9 Å². The first-order valence-electron chi connectivity index (χ1n) is 6.96. The summed E-state index contributed by atoms with van der Waals surface area (Å²) in [5.41, 5.74) is 7.59. The molecular weight excluding hydrogens is 240 g/mol. The van der Waals surface area contributed by atoms with E-state index < -0.39 is 0 Å². The second kappa shape index (κ2) is 6.37. The first-order valence-corrected chi connectivity index (χ1v) is 6.96. The van der Waals surface area contributed by atoms with E-state index >= 15 is 0 Å². The second-order valence-electron chi connectivity index (χ2n) is 5.68. The predicted octanol–water partition coefficient (Wildman–Crippen LogP) is 1.87. The van der Waals surface area contributed by atoms with Crippen LogP contribution < -0.4 is 15.6 Å². The van der Waals surface area contributed by atoms with E-state index in [1.807, 2.05) is 12.1 Å². The number of aliphatic hydroxyl groups excluding tert-OH is 1. The summed E-state index contributed by atoms with van der Waals surface area (Å²) in [5.74, 6) is 1.59. The van der Waals surface area contributed by atoms with Crippen molar-refractivity contribution in [2.45, 2.75) is 32.9 Å². The standard InChI is InChI=1S/C15H24N2O2/c1-10(2)9-19-13-6-4-5-12(7-13)15-14(8-18)11(3)16-17-15/h4-7,10-11,14-18H,8-9H2,1-3H3. The highest BCUT2D eigenvalue weighted by Gasteiger charge is 2.33. The summed E-state index contributed by atoms with van der Waals surface area (Å²) >= 11 is 0. The summed E-state index contributed by atoms with van der Waals surface area (Å²) in [7, 11) is 0. The van der Waals surface area contributed by atoms with Crippen molar-refractivity contribution in [2.24, 2.45) is 11.8 Å². The Hall–Kier alpha value is -1.10. The molecule has 3 unspecified atom stereocenters. The minimum atomic E-state index is 0.127. The summed E-state index contributed by atoms with van der Waals surface area (Å²) in [6.45, 7) is 7.24. The zero-order valence-electron chi connectivity index (χ0n) is 11.9. The molecule has 0 saturated carbocycles. The number of hydrogen-bond donors (Lipinski definition) is 3. The Morgan fingerprint density at radius 3 is 2.79 bits per heavy atom. The molecular formula is C15H24N2O2. The lowest BCUT2D eigenvalue weighted by Crippen LogP contribution is -2.29. The van der Waals surface area contributed by atoms with Crippen LogP contribution in [0.5, 0.6) is 5.75 Å². The second-order valence-corrected chi connectivity index (χ2v) is 5.68. The van der Waals surface area contributed by atoms with Crippen molar-refractivity contribution in [3.63, 3.8) is 0 Å². The Kier molecular flexibility index (Phi) is 4.80. The van der Waals surface area contributed by atoms with Gasteiger partial charge in [-0.3, -0.25) is 5.43 Å². The van der Waals surface area contributed by atoms with Gasteiger partial charge in [0.2, 0.25) is 0 Å². The van der Waals surface area contributed by atoms with Crippen LogP contribution in [-0.4, -0.2) is 24.4 Å². The van der Waals surface area contributed by atoms with Crippen LogP contribution in [0, 0.1) is 11.8 Å². The van der Waals surface area contributed by atoms with Crippen LogP contribution in [0.1, 0.15) is 32.4 Å². The molecule has 3 atom stereocenters. The van der Waals surface area contributed by atoms with E-state index in [0.29, 0.717) is 5.92 Å². The number of aliphatic hydroxyl groups is 1. The monoisotopic (exact) mass is 264 g/mol. The van der Waals surface area contributed by atoms with Gasteiger partial charge in [0.1, 0.15) is 5.75 Å². The Morgan fingerprint density at radius 1 is 1.32 bits per heavy atom. The Bertz CT molecular complexity index is 409. The van der Waals surface area contributed by atoms with E-state index in [0.717, 1.165) is 17.9 Å². The third-order valence-corrected chi connectivity index (χ3v) is 3.55. The normalized spacial score (nSPS) is 26.9. The van der Waals surface area contributed by atoms with Gasteiger partial charge in [-0.25, -0.2) is 5.43 Å². The van der Waals surface area contributed by atoms with Crippen LogP contribution in [-0.2, 0) is 0 Å². The molecule has 0 spiro atoms. The molecule has 1 aromatic carbocycles. The molecule has 1 aliphatic heterocycles. The molecule has 4 nitrogen and oxygen atoms in total. The van der Waals surface area contributed by atoms with Crippen LogP contribution in [0.4, 0.5) is 0 Å². The highest BCUT2D eigenvalue weighted by Crippen LogP contribution is 2.30. The van der Waals surface area contributed by atoms with Crippen LogP contribution in [0.3, 0.4) is 0 Å². The lowest BCUT2D eigenvalue weighted by molar-refractivity contribution is 0.204. The lowest BCUT2D eigenvalue weighted by Gasteiger charge is -2.19. The van der Waals surface area contributed by atoms with E-state index in [1.165, 1.54) is 0 Å². The summed E-state index contributed by atoms with van der Waals surface area (Å²) in [4.78, 5) is 0. The van der Waals surface area contributed by atoms with Crippen LogP contribution in [0.15, 0.2) is 24.3 Å². The highest BCUT2D eigenvalue weighted by molar-refractivity contribution is 5.31. The summed E-state index contributed by atoms with van der Waals surface area (Å²) in [5, 5.41) is 9.50. The van der Waals surface area contributed by atoms with Crippen LogP contribution >= 0.6 is 0 Å². The van der Waals surface area contributed by atoms with Crippen molar-refractivity contribution in [3.8, 4) is 5.75 Å². The van der Waals surface area contributed by atoms with Gasteiger partial charge in [-0.2, -0.15) is 0 Å². The fourth-order valence-electron chi connectivity index (χ4n) is 2.38. The molecule has 0 radical (unpaired) electrons. The number of ether oxygens (including phenoxy) is 1. The molecule has 0 amide bonds. The molecule has 0 bridgehead atoms. The molecule has 4 heteroatoms. The van der Waals surface area contributed by atoms with E-state index in [9.17, 15) is 5.11 Å². The highest BCUT2D eigenvalue weighted by atomic mass is 16.5. The van der Waals surface area contributed by atoms with Gasteiger partial charge in [0.25, 0.3) is 0 Å². The molecule has 1 heterocycles. The molecule has 1 aliphatic rings. The largest absolute Gasteiger partial charge is 0.493 e. The zero-order chi connectivity index (χ0) is 13.8. The maximum absolute atomic E-state index is 9.50. The summed E-state index contributed by atoms with van der Waals surface area (Å²) in [6.07, 6.45) is 0. The van der Waals surface area contributed by atoms with Crippen molar-refractivity contribution in [1.29, 1.82) is 0 Å². The number of hydrazine groups is 1. The van der Waals surface area contributed by atoms with Crippen molar-refractivity contribution < 1.29 is 9.84 Å². The lowest BCUT2D eigenvalue weighted by atomic mass is 9.91. The molecule has 3 N–H and O–H groups in total. The molecule has 0 aliphatic carbocycles. The minimum Gasteiger partial charge on any atom is -0.493 e. The topological polar surface area (TPSA) is 53.5 Å². The van der Waals surface area contributed by atoms with Crippen LogP contribution in [0.2, 0.25) is 0 Å². The molecule has 0 aromatic heterocycles. The zero-order valence-corrected chi connectivity index (χ0v) is 11.9. The molecule has 1 saturated heterocycles. The third kappa shape index (κ3) is 3.47. The van der Waals surface area contributed by atoms with Gasteiger partial charge in [0.05, 0.1) is 12.6 Å². The first-order chi connectivity index (χ1) is 9.11. The van der Waals surface area contributed by atoms with E-state index in [-0.39, 0.29) is 24.6 Å². The summed E-state index contributed by atoms with van der Waals surface area (Å²) in [6, 6.07) is 8.50. The van der Waals surface area contributed by atoms with E-state index in [4.69, 9.17) is 4.74 Å². The predicted molar refractivity (Wildman–Crippen MR) is 75.8 cm³/mol. The van der Waals surface area contributed by atoms with Gasteiger partial charge in [-0.1, -0.05) is 26.0 Å². The third-order valence-electron chi connectivity index (χ3n) is 3.55. The molecule has 1 aromatic rings. The first kappa shape index (κ1) is 14.3. The number of nitrogens with one attached hydrogen (secondary N) is 2. The van der Waals surface area contributed by atoms with Crippen LogP contribution in [0.25, 0.3) is 0 Å². The van der Waals surface area contributed by atoms with Gasteiger partial charge >= 0.3 is 0 Å². The number of rotatable bonds is 5. The minimum absolute atomic E-state index is 0.127. The van der Waals surface area contributed by atoms with Gasteiger partial charge in [0.15, 0.2) is 0 Å². The fraction of sp³-hybridized carbons (Fsp3) is 0.600. The summed E-state index contributed by atoms with van der Waals surface area (Å²) < 4.78 is 5.75. The van der Waals surface area contributed by atoms with Gasteiger partial charge in [0, 0.05) is 18.6 Å². The molecule has 19 heavy (non-hydrogen) atoms. The number of hydrogen-bond acceptors (Lipinski definition) is 4. The Balaban J connectivity index is 2.10. The average molecular weight is 264 g/mol. The molecule has 106 valence electrons. The van der Waals surface area contributed by atoms with E-state index in [2.05, 4.69) is 43.8 Å². The SMILES string of the molecule is CC(C)COc1cccc(C2NNC(C)C2CO)c1. The maximum atomic E-state index is 9.50. The van der Waals surface area contributed by atoms with Crippen molar-refractivity contribution >= 4 is 0 Å². The number of benzene rings is 1. The Morgan fingerprint density at radius 2 is 2.11 bits per heavy atom. The van der Waals surface area contributed by atoms with Crippen molar-refractivity contribution in [2.75, 3.05) is 13.2 Å². The van der Waals surface area contributed by atoms with Gasteiger partial charge in [-0.05, 0) is 30.5 Å². The quantitative estimate of drug-likeness (QED) is 0.760. The molecule has 1 fully saturated rings. The fourth-order valence-corrected chi connectivity index (χ4v) is 2.38. The van der Waals surface area contributed by atoms with Gasteiger partial charge in [-0.15, -0.1) is 0 Å². The smallest absolute Gasteiger partial charge is 0.119 e. The average Bonchev–Trinajstić information content (AvgIpc) is 2.78. The van der Waals surface area contributed by atoms with E-state index in [1.54, 1.807) is 0 Å².